The Balaban J connectivity index is 2.15. The number of hydrogen-bond acceptors (Lipinski definition) is 1. The van der Waals surface area contributed by atoms with Crippen molar-refractivity contribution < 1.29 is 0 Å². The van der Waals surface area contributed by atoms with Crippen LogP contribution in [0.25, 0.3) is 0 Å². The molecule has 0 saturated carbocycles. The van der Waals surface area contributed by atoms with E-state index in [-0.39, 0.29) is 0 Å². The van der Waals surface area contributed by atoms with Gasteiger partial charge in [0.15, 0.2) is 0 Å². The van der Waals surface area contributed by atoms with Crippen LogP contribution < -0.4 is 5.32 Å². The Kier molecular flexibility index (Phi) is 4.45. The molecule has 2 atom stereocenters. The molecule has 1 heterocycles. The highest BCUT2D eigenvalue weighted by atomic mass is 14.9. The summed E-state index contributed by atoms with van der Waals surface area (Å²) in [4.78, 5) is 0. The normalized spacial score (nSPS) is 28.6. The summed E-state index contributed by atoms with van der Waals surface area (Å²) in [5, 5.41) is 3.58. The van der Waals surface area contributed by atoms with Gasteiger partial charge in [0.1, 0.15) is 0 Å². The van der Waals surface area contributed by atoms with E-state index in [1.54, 1.807) is 0 Å². The Morgan fingerprint density at radius 3 is 2.67 bits per heavy atom. The summed E-state index contributed by atoms with van der Waals surface area (Å²) in [5.41, 5.74) is 1.98. The second-order valence-electron chi connectivity index (χ2n) is 6.50. The zero-order valence-electron chi connectivity index (χ0n) is 12.1. The highest BCUT2D eigenvalue weighted by molar-refractivity contribution is 5.23. The Hall–Kier alpha value is -0.820. The topological polar surface area (TPSA) is 12.0 Å². The average Bonchev–Trinajstić information content (AvgIpc) is 2.38. The molecule has 0 aromatic heterocycles. The number of hydrogen-bond donors (Lipinski definition) is 1. The molecule has 1 nitrogen and oxygen atoms in total. The lowest BCUT2D eigenvalue weighted by Gasteiger charge is -2.43. The third-order valence-corrected chi connectivity index (χ3v) is 4.56. The summed E-state index contributed by atoms with van der Waals surface area (Å²) in [6.45, 7) is 9.48. The molecule has 1 heteroatoms. The van der Waals surface area contributed by atoms with Crippen LogP contribution in [0, 0.1) is 11.3 Å². The quantitative estimate of drug-likeness (QED) is 0.838. The van der Waals surface area contributed by atoms with Gasteiger partial charge in [0.25, 0.3) is 0 Å². The van der Waals surface area contributed by atoms with Gasteiger partial charge in [-0.25, -0.2) is 0 Å². The van der Waals surface area contributed by atoms with Crippen LogP contribution in [0.15, 0.2) is 30.3 Å². The number of piperidine rings is 1. The first-order valence-electron chi connectivity index (χ1n) is 7.37. The first kappa shape index (κ1) is 13.6. The highest BCUT2D eigenvalue weighted by Gasteiger charge is 2.36. The molecule has 0 amide bonds. The minimum absolute atomic E-state index is 0.469. The zero-order valence-corrected chi connectivity index (χ0v) is 12.1. The SMILES string of the molecule is CC(C)CCC1(C)CCNCC1c1ccccc1. The van der Waals surface area contributed by atoms with Crippen LogP contribution in [0.4, 0.5) is 0 Å². The lowest BCUT2D eigenvalue weighted by atomic mass is 9.66. The second-order valence-corrected chi connectivity index (χ2v) is 6.50. The molecule has 18 heavy (non-hydrogen) atoms. The second kappa shape index (κ2) is 5.88. The van der Waals surface area contributed by atoms with E-state index in [0.29, 0.717) is 11.3 Å². The third-order valence-electron chi connectivity index (χ3n) is 4.56. The maximum atomic E-state index is 3.58. The van der Waals surface area contributed by atoms with Crippen LogP contribution in [-0.2, 0) is 0 Å². The highest BCUT2D eigenvalue weighted by Crippen LogP contribution is 2.44. The molecule has 100 valence electrons. The largest absolute Gasteiger partial charge is 0.316 e. The van der Waals surface area contributed by atoms with Crippen molar-refractivity contribution in [1.29, 1.82) is 0 Å². The van der Waals surface area contributed by atoms with Gasteiger partial charge in [-0.3, -0.25) is 0 Å². The zero-order chi connectivity index (χ0) is 13.0. The summed E-state index contributed by atoms with van der Waals surface area (Å²) in [7, 11) is 0. The molecule has 0 aliphatic carbocycles. The smallest absolute Gasteiger partial charge is 0.00254 e. The van der Waals surface area contributed by atoms with Crippen molar-refractivity contribution in [2.75, 3.05) is 13.1 Å². The molecule has 1 aromatic carbocycles. The van der Waals surface area contributed by atoms with Crippen LogP contribution in [0.5, 0.6) is 0 Å². The van der Waals surface area contributed by atoms with E-state index in [4.69, 9.17) is 0 Å². The van der Waals surface area contributed by atoms with Crippen molar-refractivity contribution >= 4 is 0 Å². The van der Waals surface area contributed by atoms with Gasteiger partial charge in [-0.2, -0.15) is 0 Å². The predicted octanol–water partition coefficient (Wildman–Crippen LogP) is 4.21. The van der Waals surface area contributed by atoms with Crippen molar-refractivity contribution in [3.05, 3.63) is 35.9 Å². The molecule has 1 aliphatic heterocycles. The Morgan fingerprint density at radius 2 is 2.00 bits per heavy atom. The van der Waals surface area contributed by atoms with Gasteiger partial charge in [0.2, 0.25) is 0 Å². The molecular weight excluding hydrogens is 218 g/mol. The standard InChI is InChI=1S/C17H27N/c1-14(2)9-10-17(3)11-12-18-13-16(17)15-7-5-4-6-8-15/h4-8,14,16,18H,9-13H2,1-3H3. The number of nitrogens with one attached hydrogen (secondary N) is 1. The third kappa shape index (κ3) is 3.14. The van der Waals surface area contributed by atoms with E-state index in [9.17, 15) is 0 Å². The molecule has 2 unspecified atom stereocenters. The predicted molar refractivity (Wildman–Crippen MR) is 78.8 cm³/mol. The van der Waals surface area contributed by atoms with E-state index >= 15 is 0 Å². The molecular formula is C17H27N. The minimum atomic E-state index is 0.469. The summed E-state index contributed by atoms with van der Waals surface area (Å²) in [6, 6.07) is 11.1. The van der Waals surface area contributed by atoms with E-state index < -0.39 is 0 Å². The molecule has 1 fully saturated rings. The lowest BCUT2D eigenvalue weighted by molar-refractivity contribution is 0.161. The van der Waals surface area contributed by atoms with Crippen LogP contribution in [0.3, 0.4) is 0 Å². The fourth-order valence-corrected chi connectivity index (χ4v) is 3.16. The van der Waals surface area contributed by atoms with Crippen molar-refractivity contribution in [3.8, 4) is 0 Å². The summed E-state index contributed by atoms with van der Waals surface area (Å²) in [6.07, 6.45) is 4.00. The average molecular weight is 245 g/mol. The van der Waals surface area contributed by atoms with Crippen molar-refractivity contribution in [1.82, 2.24) is 5.32 Å². The van der Waals surface area contributed by atoms with Crippen LogP contribution >= 0.6 is 0 Å². The van der Waals surface area contributed by atoms with Gasteiger partial charge in [-0.05, 0) is 36.3 Å². The van der Waals surface area contributed by atoms with E-state index in [2.05, 4.69) is 56.4 Å². The Labute approximate surface area is 112 Å². The fraction of sp³-hybridized carbons (Fsp3) is 0.647. The fourth-order valence-electron chi connectivity index (χ4n) is 3.16. The van der Waals surface area contributed by atoms with Crippen LogP contribution in [-0.4, -0.2) is 13.1 Å². The summed E-state index contributed by atoms with van der Waals surface area (Å²) < 4.78 is 0. The molecule has 0 spiro atoms. The van der Waals surface area contributed by atoms with Gasteiger partial charge >= 0.3 is 0 Å². The summed E-state index contributed by atoms with van der Waals surface area (Å²) >= 11 is 0. The van der Waals surface area contributed by atoms with Gasteiger partial charge < -0.3 is 5.32 Å². The van der Waals surface area contributed by atoms with Crippen molar-refractivity contribution in [2.24, 2.45) is 11.3 Å². The van der Waals surface area contributed by atoms with E-state index in [1.807, 2.05) is 0 Å². The monoisotopic (exact) mass is 245 g/mol. The maximum Gasteiger partial charge on any atom is 0.00254 e. The van der Waals surface area contributed by atoms with Gasteiger partial charge in [0, 0.05) is 12.5 Å². The van der Waals surface area contributed by atoms with Crippen LogP contribution in [0.2, 0.25) is 0 Å². The van der Waals surface area contributed by atoms with Gasteiger partial charge in [-0.15, -0.1) is 0 Å². The first-order chi connectivity index (χ1) is 8.62. The van der Waals surface area contributed by atoms with Gasteiger partial charge in [0.05, 0.1) is 0 Å². The number of benzene rings is 1. The molecule has 1 saturated heterocycles. The molecule has 0 radical (unpaired) electrons. The first-order valence-corrected chi connectivity index (χ1v) is 7.37. The molecule has 0 bridgehead atoms. The maximum absolute atomic E-state index is 3.58. The molecule has 1 aromatic rings. The summed E-state index contributed by atoms with van der Waals surface area (Å²) in [5.74, 6) is 1.49. The lowest BCUT2D eigenvalue weighted by Crippen LogP contribution is -2.42. The molecule has 1 N–H and O–H groups in total. The van der Waals surface area contributed by atoms with E-state index in [0.717, 1.165) is 12.5 Å². The Morgan fingerprint density at radius 1 is 1.28 bits per heavy atom. The van der Waals surface area contributed by atoms with E-state index in [1.165, 1.54) is 31.4 Å². The van der Waals surface area contributed by atoms with Crippen molar-refractivity contribution in [2.45, 2.75) is 46.0 Å². The van der Waals surface area contributed by atoms with Crippen molar-refractivity contribution in [3.63, 3.8) is 0 Å². The van der Waals surface area contributed by atoms with Gasteiger partial charge in [-0.1, -0.05) is 57.5 Å². The molecule has 2 rings (SSSR count). The molecule has 1 aliphatic rings. The number of rotatable bonds is 4. The Bertz CT molecular complexity index is 357. The van der Waals surface area contributed by atoms with Crippen LogP contribution in [0.1, 0.15) is 51.5 Å². The minimum Gasteiger partial charge on any atom is -0.316 e.